The third-order valence-corrected chi connectivity index (χ3v) is 5.63. The van der Waals surface area contributed by atoms with Crippen LogP contribution in [0.2, 0.25) is 0 Å². The van der Waals surface area contributed by atoms with Crippen molar-refractivity contribution in [1.29, 1.82) is 0 Å². The van der Waals surface area contributed by atoms with Crippen LogP contribution in [-0.2, 0) is 13.0 Å². The van der Waals surface area contributed by atoms with Gasteiger partial charge in [0.2, 0.25) is 0 Å². The van der Waals surface area contributed by atoms with Crippen molar-refractivity contribution in [3.8, 4) is 0 Å². The summed E-state index contributed by atoms with van der Waals surface area (Å²) >= 11 is 3.39. The van der Waals surface area contributed by atoms with E-state index in [0.29, 0.717) is 5.56 Å². The Hall–Kier alpha value is -1.46. The second kappa shape index (κ2) is 6.12. The van der Waals surface area contributed by atoms with Crippen LogP contribution in [0.5, 0.6) is 0 Å². The number of aromatic carboxylic acids is 1. The fourth-order valence-corrected chi connectivity index (χ4v) is 4.44. The van der Waals surface area contributed by atoms with Crippen LogP contribution < -0.4 is 4.90 Å². The molecule has 2 heterocycles. The first kappa shape index (κ1) is 14.5. The first-order valence-electron chi connectivity index (χ1n) is 7.00. The number of rotatable bonds is 4. The van der Waals surface area contributed by atoms with Gasteiger partial charge in [0.15, 0.2) is 0 Å². The number of carbonyl (C=O) groups is 1. The molecule has 1 N–H and O–H groups in total. The molecule has 0 radical (unpaired) electrons. The molecule has 0 saturated heterocycles. The number of fused-ring (bicyclic) bond motifs is 1. The van der Waals surface area contributed by atoms with E-state index in [9.17, 15) is 9.90 Å². The minimum absolute atomic E-state index is 0.447. The van der Waals surface area contributed by atoms with Gasteiger partial charge < -0.3 is 10.0 Å². The van der Waals surface area contributed by atoms with E-state index in [4.69, 9.17) is 0 Å². The summed E-state index contributed by atoms with van der Waals surface area (Å²) in [4.78, 5) is 16.2. The Morgan fingerprint density at radius 3 is 3.05 bits per heavy atom. The van der Waals surface area contributed by atoms with Gasteiger partial charge in [-0.25, -0.2) is 4.79 Å². The molecule has 1 aliphatic heterocycles. The Kier molecular flexibility index (Phi) is 4.22. The number of anilines is 1. The minimum Gasteiger partial charge on any atom is -0.478 e. The van der Waals surface area contributed by atoms with Crippen molar-refractivity contribution in [1.82, 2.24) is 0 Å². The number of hydrogen-bond donors (Lipinski definition) is 1. The highest BCUT2D eigenvalue weighted by Crippen LogP contribution is 2.34. The lowest BCUT2D eigenvalue weighted by atomic mass is 10.1. The van der Waals surface area contributed by atoms with E-state index in [1.54, 1.807) is 23.1 Å². The number of thiophene rings is 1. The van der Waals surface area contributed by atoms with Gasteiger partial charge in [-0.1, -0.05) is 13.0 Å². The molecule has 3 nitrogen and oxygen atoms in total. The third kappa shape index (κ3) is 2.80. The highest BCUT2D eigenvalue weighted by molar-refractivity contribution is 7.99. The molecular weight excluding hydrogens is 302 g/mol. The molecule has 110 valence electrons. The molecule has 0 fully saturated rings. The monoisotopic (exact) mass is 319 g/mol. The Morgan fingerprint density at radius 2 is 2.29 bits per heavy atom. The zero-order chi connectivity index (χ0) is 14.8. The van der Waals surface area contributed by atoms with Crippen LogP contribution >= 0.6 is 23.1 Å². The van der Waals surface area contributed by atoms with Crippen LogP contribution in [0.1, 0.15) is 27.7 Å². The van der Waals surface area contributed by atoms with Crippen molar-refractivity contribution in [2.75, 3.05) is 17.2 Å². The van der Waals surface area contributed by atoms with E-state index < -0.39 is 5.97 Å². The lowest BCUT2D eigenvalue weighted by molar-refractivity contribution is 0.0693. The van der Waals surface area contributed by atoms with E-state index >= 15 is 0 Å². The van der Waals surface area contributed by atoms with Crippen LogP contribution in [0.15, 0.2) is 34.5 Å². The van der Waals surface area contributed by atoms with E-state index in [0.717, 1.165) is 35.8 Å². The van der Waals surface area contributed by atoms with Gasteiger partial charge in [-0.15, -0.1) is 23.1 Å². The van der Waals surface area contributed by atoms with E-state index in [2.05, 4.69) is 16.3 Å². The van der Waals surface area contributed by atoms with Gasteiger partial charge in [0.1, 0.15) is 0 Å². The Balaban J connectivity index is 1.99. The molecule has 0 amide bonds. The average Bonchev–Trinajstić information content (AvgIpc) is 2.94. The van der Waals surface area contributed by atoms with Gasteiger partial charge in [0, 0.05) is 22.9 Å². The molecule has 0 bridgehead atoms. The van der Waals surface area contributed by atoms with Crippen LogP contribution in [0.25, 0.3) is 0 Å². The number of thioether (sulfide) groups is 1. The van der Waals surface area contributed by atoms with Gasteiger partial charge in [-0.3, -0.25) is 0 Å². The number of carboxylic acid groups (broad SMARTS) is 1. The Bertz CT molecular complexity index is 666. The predicted octanol–water partition coefficient (Wildman–Crippen LogP) is 4.12. The molecule has 3 rings (SSSR count). The van der Waals surface area contributed by atoms with E-state index in [1.165, 1.54) is 10.4 Å². The van der Waals surface area contributed by atoms with Crippen LogP contribution in [0.3, 0.4) is 0 Å². The van der Waals surface area contributed by atoms with Gasteiger partial charge >= 0.3 is 5.97 Å². The fraction of sp³-hybridized carbons (Fsp3) is 0.312. The highest BCUT2D eigenvalue weighted by atomic mass is 32.2. The van der Waals surface area contributed by atoms with Gasteiger partial charge in [0.05, 0.1) is 11.3 Å². The summed E-state index contributed by atoms with van der Waals surface area (Å²) in [6.45, 7) is 3.73. The molecule has 0 saturated carbocycles. The van der Waals surface area contributed by atoms with Crippen molar-refractivity contribution in [2.24, 2.45) is 0 Å². The largest absolute Gasteiger partial charge is 0.478 e. The number of carboxylic acids is 1. The predicted molar refractivity (Wildman–Crippen MR) is 88.9 cm³/mol. The fourth-order valence-electron chi connectivity index (χ4n) is 2.73. The first-order valence-corrected chi connectivity index (χ1v) is 8.86. The maximum Gasteiger partial charge on any atom is 0.338 e. The van der Waals surface area contributed by atoms with Crippen molar-refractivity contribution in [3.63, 3.8) is 0 Å². The summed E-state index contributed by atoms with van der Waals surface area (Å²) in [7, 11) is 0. The third-order valence-electron chi connectivity index (χ3n) is 3.67. The molecule has 0 aliphatic carbocycles. The molecular formula is C16H17NO2S2. The first-order chi connectivity index (χ1) is 10.2. The van der Waals surface area contributed by atoms with E-state index in [1.807, 2.05) is 25.1 Å². The quantitative estimate of drug-likeness (QED) is 0.861. The van der Waals surface area contributed by atoms with Gasteiger partial charge in [-0.2, -0.15) is 0 Å². The van der Waals surface area contributed by atoms with Crippen LogP contribution in [0, 0.1) is 0 Å². The highest BCUT2D eigenvalue weighted by Gasteiger charge is 2.23. The standard InChI is InChI=1S/C16H17NO2S2/c1-2-20-14-5-3-4-12(15(14)16(18)19)17-8-6-13-11(10-17)7-9-21-13/h3-5,7,9H,2,6,8,10H2,1H3,(H,18,19). The Morgan fingerprint density at radius 1 is 1.43 bits per heavy atom. The SMILES string of the molecule is CCSc1cccc(N2CCc3sccc3C2)c1C(=O)O. The summed E-state index contributed by atoms with van der Waals surface area (Å²) in [6.07, 6.45) is 0.997. The molecule has 0 unspecified atom stereocenters. The van der Waals surface area contributed by atoms with Crippen molar-refractivity contribution >= 4 is 34.8 Å². The number of hydrogen-bond acceptors (Lipinski definition) is 4. The van der Waals surface area contributed by atoms with Crippen molar-refractivity contribution < 1.29 is 9.90 Å². The summed E-state index contributed by atoms with van der Waals surface area (Å²) in [6, 6.07) is 7.95. The second-order valence-corrected chi connectivity index (χ2v) is 7.24. The molecule has 0 atom stereocenters. The molecule has 2 aromatic rings. The zero-order valence-electron chi connectivity index (χ0n) is 11.8. The lowest BCUT2D eigenvalue weighted by Gasteiger charge is -2.30. The molecule has 1 aliphatic rings. The number of nitrogens with zero attached hydrogens (tertiary/aromatic N) is 1. The topological polar surface area (TPSA) is 40.5 Å². The molecule has 0 spiro atoms. The second-order valence-electron chi connectivity index (χ2n) is 4.93. The smallest absolute Gasteiger partial charge is 0.338 e. The van der Waals surface area contributed by atoms with E-state index in [-0.39, 0.29) is 0 Å². The minimum atomic E-state index is -0.835. The van der Waals surface area contributed by atoms with Crippen LogP contribution in [-0.4, -0.2) is 23.4 Å². The average molecular weight is 319 g/mol. The summed E-state index contributed by atoms with van der Waals surface area (Å²) in [5.74, 6) is 0.0379. The molecule has 21 heavy (non-hydrogen) atoms. The summed E-state index contributed by atoms with van der Waals surface area (Å²) in [5.41, 5.74) is 2.62. The molecule has 5 heteroatoms. The van der Waals surface area contributed by atoms with Gasteiger partial charge in [0.25, 0.3) is 0 Å². The maximum absolute atomic E-state index is 11.7. The summed E-state index contributed by atoms with van der Waals surface area (Å²) in [5, 5.41) is 11.7. The molecule has 1 aromatic heterocycles. The van der Waals surface area contributed by atoms with Gasteiger partial charge in [-0.05, 0) is 41.3 Å². The normalized spacial score (nSPS) is 14.0. The summed E-state index contributed by atoms with van der Waals surface area (Å²) < 4.78 is 0. The zero-order valence-corrected chi connectivity index (χ0v) is 13.5. The van der Waals surface area contributed by atoms with Crippen LogP contribution in [0.4, 0.5) is 5.69 Å². The Labute approximate surface area is 132 Å². The maximum atomic E-state index is 11.7. The van der Waals surface area contributed by atoms with Crippen molar-refractivity contribution in [2.45, 2.75) is 24.8 Å². The number of benzene rings is 1. The molecule has 1 aromatic carbocycles. The van der Waals surface area contributed by atoms with Crippen molar-refractivity contribution in [3.05, 3.63) is 45.6 Å². The lowest BCUT2D eigenvalue weighted by Crippen LogP contribution is -2.30.